The lowest BCUT2D eigenvalue weighted by Gasteiger charge is -2.30. The lowest BCUT2D eigenvalue weighted by atomic mass is 10.2. The Morgan fingerprint density at radius 3 is 2.77 bits per heavy atom. The standard InChI is InChI=1S/C19H19Cl2N3O5S/c20-15-4-3-14(9-16(15)21)30(27,28)24-6-7-29-18-17(24)8-12(10-22-18)19(26)23-5-1-2-13(23)11-25/h3-4,8-10,13,25H,1-2,5-7,11H2/t13-/m1/s1. The molecule has 1 aromatic heterocycles. The molecule has 0 spiro atoms. The second kappa shape index (κ2) is 8.22. The lowest BCUT2D eigenvalue weighted by molar-refractivity contribution is 0.0677. The molecule has 2 aliphatic heterocycles. The monoisotopic (exact) mass is 471 g/mol. The molecule has 0 saturated carbocycles. The van der Waals surface area contributed by atoms with Gasteiger partial charge in [-0.15, -0.1) is 0 Å². The number of rotatable bonds is 4. The van der Waals surface area contributed by atoms with Gasteiger partial charge in [0.25, 0.3) is 15.9 Å². The summed E-state index contributed by atoms with van der Waals surface area (Å²) >= 11 is 11.9. The summed E-state index contributed by atoms with van der Waals surface area (Å²) < 4.78 is 33.2. The molecule has 30 heavy (non-hydrogen) atoms. The first-order chi connectivity index (χ1) is 14.3. The molecule has 0 bridgehead atoms. The van der Waals surface area contributed by atoms with E-state index in [1.54, 1.807) is 4.90 Å². The summed E-state index contributed by atoms with van der Waals surface area (Å²) in [6.45, 7) is 0.582. The van der Waals surface area contributed by atoms with Crippen LogP contribution in [0.5, 0.6) is 5.88 Å². The number of amides is 1. The number of fused-ring (bicyclic) bond motifs is 1. The first-order valence-corrected chi connectivity index (χ1v) is 11.5. The fraction of sp³-hybridized carbons (Fsp3) is 0.368. The number of aliphatic hydroxyl groups is 1. The molecule has 1 N–H and O–H groups in total. The normalized spacial score (nSPS) is 18.8. The third-order valence-corrected chi connectivity index (χ3v) is 7.76. The Bertz CT molecular complexity index is 1100. The number of ether oxygens (including phenoxy) is 1. The number of carbonyl (C=O) groups is 1. The zero-order valence-corrected chi connectivity index (χ0v) is 18.1. The van der Waals surface area contributed by atoms with E-state index in [9.17, 15) is 18.3 Å². The fourth-order valence-electron chi connectivity index (χ4n) is 3.67. The van der Waals surface area contributed by atoms with Crippen molar-refractivity contribution in [2.75, 3.05) is 30.6 Å². The summed E-state index contributed by atoms with van der Waals surface area (Å²) in [5.74, 6) is -0.180. The van der Waals surface area contributed by atoms with Crippen LogP contribution in [0.15, 0.2) is 35.4 Å². The molecule has 2 aliphatic rings. The molecular formula is C19H19Cl2N3O5S. The predicted octanol–water partition coefficient (Wildman–Crippen LogP) is 2.57. The van der Waals surface area contributed by atoms with E-state index in [1.807, 2.05) is 0 Å². The Kier molecular flexibility index (Phi) is 5.80. The summed E-state index contributed by atoms with van der Waals surface area (Å²) in [6.07, 6.45) is 2.89. The van der Waals surface area contributed by atoms with Gasteiger partial charge < -0.3 is 14.7 Å². The smallest absolute Gasteiger partial charge is 0.264 e. The number of benzene rings is 1. The Hall–Kier alpha value is -2.07. The molecule has 4 rings (SSSR count). The van der Waals surface area contributed by atoms with Crippen LogP contribution < -0.4 is 9.04 Å². The van der Waals surface area contributed by atoms with Crippen molar-refractivity contribution in [3.8, 4) is 5.88 Å². The van der Waals surface area contributed by atoms with E-state index in [-0.39, 0.29) is 63.8 Å². The van der Waals surface area contributed by atoms with Crippen LogP contribution in [-0.4, -0.2) is 61.7 Å². The number of aromatic nitrogens is 1. The summed E-state index contributed by atoms with van der Waals surface area (Å²) in [6, 6.07) is 5.29. The number of nitrogens with zero attached hydrogens (tertiary/aromatic N) is 3. The first kappa shape index (κ1) is 21.2. The average Bonchev–Trinajstić information content (AvgIpc) is 3.23. The number of likely N-dealkylation sites (tertiary alicyclic amines) is 1. The van der Waals surface area contributed by atoms with Crippen LogP contribution in [0.4, 0.5) is 5.69 Å². The van der Waals surface area contributed by atoms with Gasteiger partial charge in [0.05, 0.1) is 39.7 Å². The largest absolute Gasteiger partial charge is 0.474 e. The van der Waals surface area contributed by atoms with Crippen molar-refractivity contribution >= 4 is 44.8 Å². The van der Waals surface area contributed by atoms with Crippen LogP contribution in [0, 0.1) is 0 Å². The van der Waals surface area contributed by atoms with Crippen LogP contribution in [0.1, 0.15) is 23.2 Å². The number of halogens is 2. The summed E-state index contributed by atoms with van der Waals surface area (Å²) in [7, 11) is -3.99. The van der Waals surface area contributed by atoms with Crippen LogP contribution >= 0.6 is 23.2 Å². The zero-order chi connectivity index (χ0) is 21.5. The van der Waals surface area contributed by atoms with Gasteiger partial charge in [-0.2, -0.15) is 0 Å². The van der Waals surface area contributed by atoms with Crippen molar-refractivity contribution in [1.82, 2.24) is 9.88 Å². The highest BCUT2D eigenvalue weighted by Gasteiger charge is 2.34. The van der Waals surface area contributed by atoms with Gasteiger partial charge in [-0.1, -0.05) is 23.2 Å². The van der Waals surface area contributed by atoms with Crippen molar-refractivity contribution < 1.29 is 23.1 Å². The third-order valence-electron chi connectivity index (χ3n) is 5.21. The van der Waals surface area contributed by atoms with E-state index in [1.165, 1.54) is 30.5 Å². The van der Waals surface area contributed by atoms with E-state index >= 15 is 0 Å². The molecule has 1 amide bonds. The maximum atomic E-state index is 13.3. The molecule has 160 valence electrons. The molecule has 2 aromatic rings. The third kappa shape index (κ3) is 3.71. The summed E-state index contributed by atoms with van der Waals surface area (Å²) in [5.41, 5.74) is 0.409. The topological polar surface area (TPSA) is 100 Å². The molecule has 1 atom stereocenters. The quantitative estimate of drug-likeness (QED) is 0.735. The first-order valence-electron chi connectivity index (χ1n) is 9.35. The SMILES string of the molecule is O=C(c1cnc2c(c1)N(S(=O)(=O)c1ccc(Cl)c(Cl)c1)CCO2)N1CCC[C@@H]1CO. The minimum Gasteiger partial charge on any atom is -0.474 e. The van der Waals surface area contributed by atoms with Crippen molar-refractivity contribution in [3.05, 3.63) is 46.1 Å². The second-order valence-electron chi connectivity index (χ2n) is 7.03. The highest BCUT2D eigenvalue weighted by Crippen LogP contribution is 2.36. The van der Waals surface area contributed by atoms with E-state index in [0.717, 1.165) is 17.1 Å². The number of carbonyl (C=O) groups excluding carboxylic acids is 1. The minimum atomic E-state index is -3.99. The van der Waals surface area contributed by atoms with Gasteiger partial charge in [-0.05, 0) is 37.1 Å². The Balaban J connectivity index is 1.72. The highest BCUT2D eigenvalue weighted by molar-refractivity contribution is 7.92. The van der Waals surface area contributed by atoms with Gasteiger partial charge >= 0.3 is 0 Å². The highest BCUT2D eigenvalue weighted by atomic mass is 35.5. The number of aliphatic hydroxyl groups excluding tert-OH is 1. The Labute approximate surface area is 184 Å². The number of hydrogen-bond donors (Lipinski definition) is 1. The molecular weight excluding hydrogens is 453 g/mol. The summed E-state index contributed by atoms with van der Waals surface area (Å²) in [5, 5.41) is 9.87. The van der Waals surface area contributed by atoms with Crippen molar-refractivity contribution in [1.29, 1.82) is 0 Å². The van der Waals surface area contributed by atoms with Crippen LogP contribution in [0.25, 0.3) is 0 Å². The van der Waals surface area contributed by atoms with Crippen molar-refractivity contribution in [2.24, 2.45) is 0 Å². The van der Waals surface area contributed by atoms with Gasteiger partial charge in [-0.3, -0.25) is 9.10 Å². The maximum Gasteiger partial charge on any atom is 0.264 e. The number of pyridine rings is 1. The van der Waals surface area contributed by atoms with Gasteiger partial charge in [0.1, 0.15) is 12.3 Å². The van der Waals surface area contributed by atoms with Crippen LogP contribution in [-0.2, 0) is 10.0 Å². The molecule has 0 aliphatic carbocycles. The number of anilines is 1. The average molecular weight is 472 g/mol. The van der Waals surface area contributed by atoms with Crippen LogP contribution in [0.2, 0.25) is 10.0 Å². The van der Waals surface area contributed by atoms with Gasteiger partial charge in [-0.25, -0.2) is 13.4 Å². The summed E-state index contributed by atoms with van der Waals surface area (Å²) in [4.78, 5) is 18.7. The van der Waals surface area contributed by atoms with Gasteiger partial charge in [0.15, 0.2) is 0 Å². The molecule has 0 unspecified atom stereocenters. The van der Waals surface area contributed by atoms with Crippen molar-refractivity contribution in [2.45, 2.75) is 23.8 Å². The molecule has 1 fully saturated rings. The molecule has 8 nitrogen and oxygen atoms in total. The van der Waals surface area contributed by atoms with E-state index in [0.29, 0.717) is 6.54 Å². The lowest BCUT2D eigenvalue weighted by Crippen LogP contribution is -2.39. The minimum absolute atomic E-state index is 0.0265. The van der Waals surface area contributed by atoms with E-state index in [4.69, 9.17) is 27.9 Å². The maximum absolute atomic E-state index is 13.3. The molecule has 3 heterocycles. The molecule has 11 heteroatoms. The second-order valence-corrected chi connectivity index (χ2v) is 9.70. The Morgan fingerprint density at radius 2 is 2.03 bits per heavy atom. The fourth-order valence-corrected chi connectivity index (χ4v) is 5.49. The van der Waals surface area contributed by atoms with Crippen LogP contribution in [0.3, 0.4) is 0 Å². The Morgan fingerprint density at radius 1 is 1.23 bits per heavy atom. The zero-order valence-electron chi connectivity index (χ0n) is 15.8. The molecule has 1 aromatic carbocycles. The van der Waals surface area contributed by atoms with E-state index in [2.05, 4.69) is 4.98 Å². The molecule has 1 saturated heterocycles. The predicted molar refractivity (Wildman–Crippen MR) is 112 cm³/mol. The number of sulfonamides is 1. The number of hydrogen-bond acceptors (Lipinski definition) is 6. The van der Waals surface area contributed by atoms with Gasteiger partial charge in [0, 0.05) is 12.7 Å². The molecule has 0 radical (unpaired) electrons. The van der Waals surface area contributed by atoms with Crippen molar-refractivity contribution in [3.63, 3.8) is 0 Å². The van der Waals surface area contributed by atoms with E-state index < -0.39 is 10.0 Å². The van der Waals surface area contributed by atoms with Gasteiger partial charge in [0.2, 0.25) is 5.88 Å².